The molecule has 1 aromatic heterocycles. The van der Waals surface area contributed by atoms with E-state index in [-0.39, 0.29) is 17.6 Å². The summed E-state index contributed by atoms with van der Waals surface area (Å²) in [5, 5.41) is 11.0. The molecule has 1 atom stereocenters. The van der Waals surface area contributed by atoms with E-state index in [0.29, 0.717) is 6.61 Å². The predicted molar refractivity (Wildman–Crippen MR) is 94.7 cm³/mol. The van der Waals surface area contributed by atoms with Crippen molar-refractivity contribution in [3.05, 3.63) is 42.1 Å². The van der Waals surface area contributed by atoms with E-state index < -0.39 is 8.32 Å². The van der Waals surface area contributed by atoms with Gasteiger partial charge in [0.05, 0.1) is 12.1 Å². The molecule has 0 aliphatic heterocycles. The predicted octanol–water partition coefficient (Wildman–Crippen LogP) is 4.33. The molecule has 22 heavy (non-hydrogen) atoms. The highest BCUT2D eigenvalue weighted by atomic mass is 28.4. The molecular formula is C18H27NO2Si. The Kier molecular flexibility index (Phi) is 5.05. The number of pyridine rings is 1. The average molecular weight is 318 g/mol. The second-order valence-corrected chi connectivity index (χ2v) is 12.2. The Morgan fingerprint density at radius 1 is 1.14 bits per heavy atom. The molecule has 0 bridgehead atoms. The molecule has 0 aliphatic carbocycles. The minimum absolute atomic E-state index is 0.0555. The third-order valence-corrected chi connectivity index (χ3v) is 9.21. The molecule has 0 aliphatic rings. The van der Waals surface area contributed by atoms with Gasteiger partial charge < -0.3 is 9.53 Å². The minimum atomic E-state index is -1.81. The first-order valence-electron chi connectivity index (χ1n) is 7.85. The second-order valence-electron chi connectivity index (χ2n) is 7.38. The maximum absolute atomic E-state index is 9.75. The number of para-hydroxylation sites is 1. The summed E-state index contributed by atoms with van der Waals surface area (Å²) in [6.45, 7) is 11.7. The van der Waals surface area contributed by atoms with Gasteiger partial charge in [0.25, 0.3) is 0 Å². The molecular weight excluding hydrogens is 290 g/mol. The summed E-state index contributed by atoms with van der Waals surface area (Å²) in [6.07, 6.45) is 0. The van der Waals surface area contributed by atoms with Crippen molar-refractivity contribution in [1.29, 1.82) is 0 Å². The van der Waals surface area contributed by atoms with Crippen LogP contribution in [0.1, 0.15) is 32.4 Å². The van der Waals surface area contributed by atoms with E-state index in [2.05, 4.69) is 44.9 Å². The molecule has 2 aromatic rings. The normalized spacial score (nSPS) is 14.3. The second kappa shape index (κ2) is 6.48. The first-order valence-corrected chi connectivity index (χ1v) is 10.8. The molecule has 0 unspecified atom stereocenters. The molecule has 2 rings (SSSR count). The molecule has 0 spiro atoms. The Hall–Kier alpha value is -1.23. The molecule has 1 aromatic carbocycles. The van der Waals surface area contributed by atoms with Crippen molar-refractivity contribution < 1.29 is 9.53 Å². The lowest BCUT2D eigenvalue weighted by Gasteiger charge is -2.37. The van der Waals surface area contributed by atoms with Crippen LogP contribution in [-0.2, 0) is 4.43 Å². The maximum Gasteiger partial charge on any atom is 0.192 e. The molecule has 0 saturated carbocycles. The van der Waals surface area contributed by atoms with Gasteiger partial charge in [-0.2, -0.15) is 0 Å². The fraction of sp³-hybridized carbons (Fsp3) is 0.500. The van der Waals surface area contributed by atoms with E-state index in [1.165, 1.54) is 0 Å². The van der Waals surface area contributed by atoms with Crippen molar-refractivity contribution in [2.24, 2.45) is 0 Å². The number of aliphatic hydroxyl groups excluding tert-OH is 1. The number of hydrogen-bond acceptors (Lipinski definition) is 3. The standard InChI is InChI=1S/C18H27NO2Si/c1-18(2,3)22(4,5)21-13-15(12-20)17-11-10-14-8-6-7-9-16(14)19-17/h6-11,15,20H,12-13H2,1-5H3/t15-/m0/s1. The SMILES string of the molecule is CC(C)(C)[Si](C)(C)OC[C@H](CO)c1ccc2ccccc2n1. The summed E-state index contributed by atoms with van der Waals surface area (Å²) in [7, 11) is -1.81. The van der Waals surface area contributed by atoms with Crippen molar-refractivity contribution in [2.45, 2.75) is 44.8 Å². The Morgan fingerprint density at radius 3 is 2.45 bits per heavy atom. The lowest BCUT2D eigenvalue weighted by molar-refractivity contribution is 0.192. The van der Waals surface area contributed by atoms with Crippen LogP contribution in [0, 0.1) is 0 Å². The zero-order valence-electron chi connectivity index (χ0n) is 14.3. The van der Waals surface area contributed by atoms with Gasteiger partial charge in [0.15, 0.2) is 8.32 Å². The van der Waals surface area contributed by atoms with Gasteiger partial charge in [0.1, 0.15) is 0 Å². The summed E-state index contributed by atoms with van der Waals surface area (Å²) < 4.78 is 6.25. The van der Waals surface area contributed by atoms with Crippen molar-refractivity contribution in [2.75, 3.05) is 13.2 Å². The molecule has 120 valence electrons. The lowest BCUT2D eigenvalue weighted by atomic mass is 10.1. The molecule has 0 amide bonds. The summed E-state index contributed by atoms with van der Waals surface area (Å²) in [4.78, 5) is 4.68. The van der Waals surface area contributed by atoms with E-state index in [0.717, 1.165) is 16.6 Å². The van der Waals surface area contributed by atoms with Crippen molar-refractivity contribution >= 4 is 19.2 Å². The van der Waals surface area contributed by atoms with Crippen LogP contribution in [0.25, 0.3) is 10.9 Å². The van der Waals surface area contributed by atoms with Crippen molar-refractivity contribution in [1.82, 2.24) is 4.98 Å². The number of aliphatic hydroxyl groups is 1. The first kappa shape index (κ1) is 17.1. The highest BCUT2D eigenvalue weighted by molar-refractivity contribution is 6.74. The van der Waals surface area contributed by atoms with E-state index in [4.69, 9.17) is 4.43 Å². The van der Waals surface area contributed by atoms with Crippen molar-refractivity contribution in [3.8, 4) is 0 Å². The molecule has 0 fully saturated rings. The number of benzene rings is 1. The summed E-state index contributed by atoms with van der Waals surface area (Å²) in [6, 6.07) is 12.1. The van der Waals surface area contributed by atoms with E-state index in [9.17, 15) is 5.11 Å². The van der Waals surface area contributed by atoms with Crippen LogP contribution in [0.2, 0.25) is 18.1 Å². The van der Waals surface area contributed by atoms with Gasteiger partial charge in [-0.05, 0) is 30.3 Å². The van der Waals surface area contributed by atoms with Crippen LogP contribution in [0.15, 0.2) is 36.4 Å². The molecule has 0 radical (unpaired) electrons. The third-order valence-electron chi connectivity index (χ3n) is 4.71. The first-order chi connectivity index (χ1) is 10.2. The number of hydrogen-bond donors (Lipinski definition) is 1. The number of nitrogens with zero attached hydrogens (tertiary/aromatic N) is 1. The largest absolute Gasteiger partial charge is 0.416 e. The average Bonchev–Trinajstić information content (AvgIpc) is 2.46. The Balaban J connectivity index is 2.17. The topological polar surface area (TPSA) is 42.4 Å². The van der Waals surface area contributed by atoms with E-state index >= 15 is 0 Å². The Morgan fingerprint density at radius 2 is 1.82 bits per heavy atom. The van der Waals surface area contributed by atoms with Crippen LogP contribution >= 0.6 is 0 Å². The van der Waals surface area contributed by atoms with Crippen LogP contribution < -0.4 is 0 Å². The molecule has 3 nitrogen and oxygen atoms in total. The monoisotopic (exact) mass is 317 g/mol. The fourth-order valence-electron chi connectivity index (χ4n) is 2.07. The van der Waals surface area contributed by atoms with Gasteiger partial charge >= 0.3 is 0 Å². The van der Waals surface area contributed by atoms with Crippen LogP contribution in [0.4, 0.5) is 0 Å². The zero-order chi connectivity index (χ0) is 16.4. The summed E-state index contributed by atoms with van der Waals surface area (Å²) in [5.41, 5.74) is 1.87. The van der Waals surface area contributed by atoms with Crippen LogP contribution in [-0.4, -0.2) is 31.6 Å². The molecule has 1 N–H and O–H groups in total. The van der Waals surface area contributed by atoms with Crippen LogP contribution in [0.5, 0.6) is 0 Å². The summed E-state index contributed by atoms with van der Waals surface area (Å²) in [5.74, 6) is -0.0706. The highest BCUT2D eigenvalue weighted by Crippen LogP contribution is 2.37. The minimum Gasteiger partial charge on any atom is -0.416 e. The molecule has 0 saturated heterocycles. The van der Waals surface area contributed by atoms with Crippen LogP contribution in [0.3, 0.4) is 0 Å². The van der Waals surface area contributed by atoms with Gasteiger partial charge in [0, 0.05) is 23.6 Å². The quantitative estimate of drug-likeness (QED) is 0.835. The highest BCUT2D eigenvalue weighted by Gasteiger charge is 2.37. The number of aromatic nitrogens is 1. The Labute approximate surface area is 134 Å². The Bertz CT molecular complexity index is 634. The molecule has 4 heteroatoms. The van der Waals surface area contributed by atoms with Gasteiger partial charge in [-0.3, -0.25) is 4.98 Å². The van der Waals surface area contributed by atoms with E-state index in [1.807, 2.05) is 30.3 Å². The third kappa shape index (κ3) is 3.75. The van der Waals surface area contributed by atoms with Crippen molar-refractivity contribution in [3.63, 3.8) is 0 Å². The van der Waals surface area contributed by atoms with E-state index in [1.54, 1.807) is 0 Å². The smallest absolute Gasteiger partial charge is 0.192 e. The lowest BCUT2D eigenvalue weighted by Crippen LogP contribution is -2.42. The van der Waals surface area contributed by atoms with Gasteiger partial charge in [-0.25, -0.2) is 0 Å². The maximum atomic E-state index is 9.75. The fourth-order valence-corrected chi connectivity index (χ4v) is 3.12. The number of fused-ring (bicyclic) bond motifs is 1. The zero-order valence-corrected chi connectivity index (χ0v) is 15.3. The summed E-state index contributed by atoms with van der Waals surface area (Å²) >= 11 is 0. The molecule has 1 heterocycles. The van der Waals surface area contributed by atoms with Gasteiger partial charge in [0.2, 0.25) is 0 Å². The van der Waals surface area contributed by atoms with Gasteiger partial charge in [-0.1, -0.05) is 45.0 Å². The number of rotatable bonds is 5. The van der Waals surface area contributed by atoms with Gasteiger partial charge in [-0.15, -0.1) is 0 Å².